The number of piperidine rings is 1. The molecule has 0 saturated carbocycles. The predicted octanol–water partition coefficient (Wildman–Crippen LogP) is 2.62. The van der Waals surface area contributed by atoms with Gasteiger partial charge < -0.3 is 14.4 Å². The zero-order valence-electron chi connectivity index (χ0n) is 18.1. The molecule has 9 heteroatoms. The first kappa shape index (κ1) is 24.6. The van der Waals surface area contributed by atoms with E-state index in [0.29, 0.717) is 19.6 Å². The van der Waals surface area contributed by atoms with Crippen molar-refractivity contribution >= 4 is 21.9 Å². The Kier molecular flexibility index (Phi) is 8.82. The fourth-order valence-corrected chi connectivity index (χ4v) is 5.33. The molecule has 31 heavy (non-hydrogen) atoms. The number of methoxy groups -OCH3 is 1. The molecule has 1 amide bonds. The summed E-state index contributed by atoms with van der Waals surface area (Å²) in [6, 6.07) is 3.93. The van der Waals surface area contributed by atoms with Crippen molar-refractivity contribution in [3.05, 3.63) is 49.1 Å². The first-order valence-electron chi connectivity index (χ1n) is 10.1. The van der Waals surface area contributed by atoms with Crippen molar-refractivity contribution in [2.24, 2.45) is 0 Å². The second-order valence-electron chi connectivity index (χ2n) is 7.28. The van der Waals surface area contributed by atoms with Gasteiger partial charge in [0.05, 0.1) is 12.7 Å². The standard InChI is InChI=1S/C22H30N2O6S/c1-5-12-23(13-6-2)21(25)16-30-22(26)18-10-11-19(29-4)20(15-18)31(27,28)24-14-8-7-9-17(24)3/h5-6,10-11,15,17H,1-2,7-9,12-14,16H2,3-4H3. The predicted molar refractivity (Wildman–Crippen MR) is 117 cm³/mol. The summed E-state index contributed by atoms with van der Waals surface area (Å²) in [5.41, 5.74) is 0.0239. The Hall–Kier alpha value is -2.65. The minimum Gasteiger partial charge on any atom is -0.495 e. The second kappa shape index (κ2) is 11.1. The van der Waals surface area contributed by atoms with Gasteiger partial charge in [0.2, 0.25) is 10.0 Å². The molecule has 1 aromatic rings. The van der Waals surface area contributed by atoms with Crippen LogP contribution in [0.2, 0.25) is 0 Å². The molecule has 1 aromatic carbocycles. The SMILES string of the molecule is C=CCN(CC=C)C(=O)COC(=O)c1ccc(OC)c(S(=O)(=O)N2CCCCC2C)c1. The molecule has 1 aliphatic rings. The molecule has 1 unspecified atom stereocenters. The van der Waals surface area contributed by atoms with Crippen LogP contribution in [0.3, 0.4) is 0 Å². The third-order valence-corrected chi connectivity index (χ3v) is 7.14. The average molecular weight is 451 g/mol. The maximum absolute atomic E-state index is 13.3. The molecule has 1 saturated heterocycles. The summed E-state index contributed by atoms with van der Waals surface area (Å²) in [5.74, 6) is -1.05. The van der Waals surface area contributed by atoms with E-state index < -0.39 is 28.5 Å². The quantitative estimate of drug-likeness (QED) is 0.402. The lowest BCUT2D eigenvalue weighted by atomic mass is 10.1. The smallest absolute Gasteiger partial charge is 0.338 e. The number of nitrogens with zero attached hydrogens (tertiary/aromatic N) is 2. The van der Waals surface area contributed by atoms with Gasteiger partial charge >= 0.3 is 5.97 Å². The average Bonchev–Trinajstić information content (AvgIpc) is 2.76. The highest BCUT2D eigenvalue weighted by Crippen LogP contribution is 2.31. The first-order chi connectivity index (χ1) is 14.8. The van der Waals surface area contributed by atoms with Gasteiger partial charge in [-0.05, 0) is 38.0 Å². The normalized spacial score (nSPS) is 16.9. The number of hydrogen-bond donors (Lipinski definition) is 0. The molecular formula is C22H30N2O6S. The number of carbonyl (C=O) groups is 2. The van der Waals surface area contributed by atoms with Crippen LogP contribution >= 0.6 is 0 Å². The second-order valence-corrected chi connectivity index (χ2v) is 9.14. The van der Waals surface area contributed by atoms with E-state index in [1.807, 2.05) is 6.92 Å². The zero-order valence-corrected chi connectivity index (χ0v) is 18.9. The molecule has 0 aromatic heterocycles. The number of ether oxygens (including phenoxy) is 2. The van der Waals surface area contributed by atoms with Crippen LogP contribution in [0.5, 0.6) is 5.75 Å². The van der Waals surface area contributed by atoms with Crippen LogP contribution in [0.1, 0.15) is 36.5 Å². The van der Waals surface area contributed by atoms with Gasteiger partial charge in [-0.2, -0.15) is 4.31 Å². The Bertz CT molecular complexity index is 918. The summed E-state index contributed by atoms with van der Waals surface area (Å²) < 4.78 is 38.3. The van der Waals surface area contributed by atoms with Crippen LogP contribution in [-0.4, -0.2) is 68.9 Å². The number of benzene rings is 1. The lowest BCUT2D eigenvalue weighted by Crippen LogP contribution is -2.42. The number of carbonyl (C=O) groups excluding carboxylic acids is 2. The molecule has 0 N–H and O–H groups in total. The van der Waals surface area contributed by atoms with Crippen molar-refractivity contribution in [2.45, 2.75) is 37.1 Å². The molecule has 0 spiro atoms. The van der Waals surface area contributed by atoms with Crippen LogP contribution in [0.15, 0.2) is 48.4 Å². The van der Waals surface area contributed by atoms with Gasteiger partial charge in [0.15, 0.2) is 6.61 Å². The van der Waals surface area contributed by atoms with E-state index in [1.54, 1.807) is 12.2 Å². The van der Waals surface area contributed by atoms with Gasteiger partial charge in [-0.3, -0.25) is 4.79 Å². The van der Waals surface area contributed by atoms with Crippen molar-refractivity contribution < 1.29 is 27.5 Å². The van der Waals surface area contributed by atoms with Gasteiger partial charge in [-0.25, -0.2) is 13.2 Å². The number of rotatable bonds is 10. The Labute approximate surface area is 184 Å². The van der Waals surface area contributed by atoms with Gasteiger partial charge in [0, 0.05) is 25.7 Å². The largest absolute Gasteiger partial charge is 0.495 e. The molecule has 2 rings (SSSR count). The van der Waals surface area contributed by atoms with Crippen molar-refractivity contribution in [1.29, 1.82) is 0 Å². The number of amides is 1. The summed E-state index contributed by atoms with van der Waals surface area (Å²) in [6.07, 6.45) is 5.65. The highest BCUT2D eigenvalue weighted by molar-refractivity contribution is 7.89. The first-order valence-corrected chi connectivity index (χ1v) is 11.6. The Morgan fingerprint density at radius 3 is 2.48 bits per heavy atom. The molecule has 1 aliphatic heterocycles. The van der Waals surface area contributed by atoms with Crippen molar-refractivity contribution in [3.8, 4) is 5.75 Å². The highest BCUT2D eigenvalue weighted by atomic mass is 32.2. The van der Waals surface area contributed by atoms with E-state index in [0.717, 1.165) is 19.3 Å². The molecule has 0 bridgehead atoms. The van der Waals surface area contributed by atoms with Gasteiger partial charge in [0.25, 0.3) is 5.91 Å². The summed E-state index contributed by atoms with van der Waals surface area (Å²) >= 11 is 0. The number of esters is 1. The van der Waals surface area contributed by atoms with E-state index in [1.165, 1.54) is 34.5 Å². The lowest BCUT2D eigenvalue weighted by Gasteiger charge is -2.32. The fourth-order valence-electron chi connectivity index (χ4n) is 3.45. The molecule has 1 heterocycles. The third kappa shape index (κ3) is 5.95. The van der Waals surface area contributed by atoms with Crippen LogP contribution in [0.25, 0.3) is 0 Å². The molecule has 0 radical (unpaired) electrons. The molecule has 1 atom stereocenters. The van der Waals surface area contributed by atoms with Crippen LogP contribution in [-0.2, 0) is 19.6 Å². The number of hydrogen-bond acceptors (Lipinski definition) is 6. The highest BCUT2D eigenvalue weighted by Gasteiger charge is 2.33. The Morgan fingerprint density at radius 1 is 1.23 bits per heavy atom. The maximum atomic E-state index is 13.3. The van der Waals surface area contributed by atoms with Crippen molar-refractivity contribution in [1.82, 2.24) is 9.21 Å². The number of sulfonamides is 1. The van der Waals surface area contributed by atoms with Crippen LogP contribution < -0.4 is 4.74 Å². The molecule has 8 nitrogen and oxygen atoms in total. The monoisotopic (exact) mass is 450 g/mol. The third-order valence-electron chi connectivity index (χ3n) is 5.11. The topological polar surface area (TPSA) is 93.2 Å². The van der Waals surface area contributed by atoms with E-state index in [9.17, 15) is 18.0 Å². The summed E-state index contributed by atoms with van der Waals surface area (Å²) in [7, 11) is -2.49. The summed E-state index contributed by atoms with van der Waals surface area (Å²) in [5, 5.41) is 0. The minimum atomic E-state index is -3.87. The van der Waals surface area contributed by atoms with E-state index in [2.05, 4.69) is 13.2 Å². The molecule has 1 fully saturated rings. The minimum absolute atomic E-state index is 0.0239. The Morgan fingerprint density at radius 2 is 1.90 bits per heavy atom. The van der Waals surface area contributed by atoms with Crippen LogP contribution in [0.4, 0.5) is 0 Å². The summed E-state index contributed by atoms with van der Waals surface area (Å²) in [6.45, 7) is 9.58. The van der Waals surface area contributed by atoms with Crippen LogP contribution in [0, 0.1) is 0 Å². The van der Waals surface area contributed by atoms with E-state index >= 15 is 0 Å². The molecule has 0 aliphatic carbocycles. The Balaban J connectivity index is 2.23. The molecule has 170 valence electrons. The summed E-state index contributed by atoms with van der Waals surface area (Å²) in [4.78, 5) is 26.1. The fraction of sp³-hybridized carbons (Fsp3) is 0.455. The zero-order chi connectivity index (χ0) is 23.0. The van der Waals surface area contributed by atoms with Crippen molar-refractivity contribution in [2.75, 3.05) is 33.4 Å². The molecular weight excluding hydrogens is 420 g/mol. The van der Waals surface area contributed by atoms with E-state index in [4.69, 9.17) is 9.47 Å². The van der Waals surface area contributed by atoms with Crippen molar-refractivity contribution in [3.63, 3.8) is 0 Å². The maximum Gasteiger partial charge on any atom is 0.338 e. The van der Waals surface area contributed by atoms with Gasteiger partial charge in [-0.15, -0.1) is 13.2 Å². The van der Waals surface area contributed by atoms with Gasteiger partial charge in [-0.1, -0.05) is 18.6 Å². The van der Waals surface area contributed by atoms with E-state index in [-0.39, 0.29) is 22.3 Å². The lowest BCUT2D eigenvalue weighted by molar-refractivity contribution is -0.133. The van der Waals surface area contributed by atoms with Gasteiger partial charge in [0.1, 0.15) is 10.6 Å².